The van der Waals surface area contributed by atoms with E-state index in [4.69, 9.17) is 5.14 Å². The predicted octanol–water partition coefficient (Wildman–Crippen LogP) is 2.95. The summed E-state index contributed by atoms with van der Waals surface area (Å²) in [5.74, 6) is -4.10. The Morgan fingerprint density at radius 3 is 2.26 bits per heavy atom. The molecule has 0 bridgehead atoms. The molecule has 10 nitrogen and oxygen atoms in total. The van der Waals surface area contributed by atoms with Crippen molar-refractivity contribution in [1.29, 1.82) is 0 Å². The second-order valence-corrected chi connectivity index (χ2v) is 8.74. The lowest BCUT2D eigenvalue weighted by atomic mass is 10.0. The summed E-state index contributed by atoms with van der Waals surface area (Å²) in [6.07, 6.45) is -0.304. The number of halogens is 2. The van der Waals surface area contributed by atoms with Crippen LogP contribution in [0.4, 0.5) is 20.2 Å². The first kappa shape index (κ1) is 25.4. The van der Waals surface area contributed by atoms with E-state index in [0.717, 1.165) is 0 Å². The van der Waals surface area contributed by atoms with Crippen LogP contribution < -0.4 is 15.8 Å². The lowest BCUT2D eigenvalue weighted by molar-refractivity contribution is -0.384. The van der Waals surface area contributed by atoms with Crippen LogP contribution in [0.1, 0.15) is 16.8 Å². The number of rotatable bonds is 8. The van der Waals surface area contributed by atoms with E-state index in [2.05, 4.69) is 10.6 Å². The Morgan fingerprint density at radius 2 is 1.63 bits per heavy atom. The molecule has 0 unspecified atom stereocenters. The minimum Gasteiger partial charge on any atom is -0.352 e. The second-order valence-electron chi connectivity index (χ2n) is 7.21. The van der Waals surface area contributed by atoms with Crippen LogP contribution in [0.5, 0.6) is 0 Å². The molecule has 0 fully saturated rings. The molecular formula is C22H18F2N4O6S. The molecular weight excluding hydrogens is 486 g/mol. The van der Waals surface area contributed by atoms with Gasteiger partial charge in [0.25, 0.3) is 11.6 Å². The highest BCUT2D eigenvalue weighted by molar-refractivity contribution is 7.89. The lowest BCUT2D eigenvalue weighted by Gasteiger charge is -2.10. The number of nitrogens with one attached hydrogen (secondary N) is 2. The fourth-order valence-electron chi connectivity index (χ4n) is 3.15. The predicted molar refractivity (Wildman–Crippen MR) is 122 cm³/mol. The third-order valence-corrected chi connectivity index (χ3v) is 5.77. The van der Waals surface area contributed by atoms with Gasteiger partial charge in [-0.3, -0.25) is 19.7 Å². The number of nitrogens with two attached hydrogens (primary N) is 1. The van der Waals surface area contributed by atoms with Crippen LogP contribution in [0.2, 0.25) is 0 Å². The molecule has 0 aliphatic rings. The number of nitrogens with zero attached hydrogens (tertiary/aromatic N) is 1. The van der Waals surface area contributed by atoms with Gasteiger partial charge in [-0.1, -0.05) is 30.3 Å². The number of benzene rings is 3. The van der Waals surface area contributed by atoms with E-state index in [-0.39, 0.29) is 23.4 Å². The van der Waals surface area contributed by atoms with Crippen molar-refractivity contribution in [3.8, 4) is 11.1 Å². The van der Waals surface area contributed by atoms with Gasteiger partial charge in [0.05, 0.1) is 15.9 Å². The Hall–Kier alpha value is -4.23. The Bertz CT molecular complexity index is 1410. The summed E-state index contributed by atoms with van der Waals surface area (Å²) < 4.78 is 50.2. The normalized spacial score (nSPS) is 11.1. The fraction of sp³-hybridized carbons (Fsp3) is 0.0909. The van der Waals surface area contributed by atoms with Crippen LogP contribution in [0.3, 0.4) is 0 Å². The standard InChI is InChI=1S/C22H18F2N4O6S/c23-16-11-18(19(28(31)32)12-17(16)24)27-21(29)9-10-26-22(30)14-7-5-13(6-8-14)15-3-1-2-4-20(15)35(25,33)34/h1-8,11-12H,9-10H2,(H,26,30)(H,27,29)(H2,25,33,34). The zero-order chi connectivity index (χ0) is 25.8. The molecule has 2 amide bonds. The van der Waals surface area contributed by atoms with Crippen LogP contribution in [-0.2, 0) is 14.8 Å². The summed E-state index contributed by atoms with van der Waals surface area (Å²) in [5.41, 5.74) is -0.229. The number of anilines is 1. The zero-order valence-electron chi connectivity index (χ0n) is 17.8. The molecule has 0 radical (unpaired) electrons. The summed E-state index contributed by atoms with van der Waals surface area (Å²) in [5, 5.41) is 20.8. The van der Waals surface area contributed by atoms with Gasteiger partial charge in [0.1, 0.15) is 5.69 Å². The van der Waals surface area contributed by atoms with Crippen LogP contribution in [0.15, 0.2) is 65.6 Å². The molecule has 0 aromatic heterocycles. The minimum absolute atomic E-state index is 0.0653. The number of hydrogen-bond donors (Lipinski definition) is 3. The first-order valence-corrected chi connectivity index (χ1v) is 11.5. The van der Waals surface area contributed by atoms with E-state index in [1.165, 1.54) is 36.4 Å². The number of sulfonamides is 1. The van der Waals surface area contributed by atoms with Crippen LogP contribution in [0, 0.1) is 21.7 Å². The fourth-order valence-corrected chi connectivity index (χ4v) is 3.91. The maximum Gasteiger partial charge on any atom is 0.295 e. The van der Waals surface area contributed by atoms with Crippen LogP contribution >= 0.6 is 0 Å². The van der Waals surface area contributed by atoms with Gasteiger partial charge in [0.15, 0.2) is 11.6 Å². The summed E-state index contributed by atoms with van der Waals surface area (Å²) in [6.45, 7) is -0.155. The molecule has 4 N–H and O–H groups in total. The van der Waals surface area contributed by atoms with Crippen molar-refractivity contribution in [3.05, 3.63) is 88.0 Å². The lowest BCUT2D eigenvalue weighted by Crippen LogP contribution is -2.27. The number of hydrogen-bond acceptors (Lipinski definition) is 6. The molecule has 0 heterocycles. The molecule has 0 spiro atoms. The quantitative estimate of drug-likeness (QED) is 0.316. The number of nitro groups is 1. The number of carbonyl (C=O) groups excluding carboxylic acids is 2. The smallest absolute Gasteiger partial charge is 0.295 e. The average Bonchev–Trinajstić information content (AvgIpc) is 2.80. The van der Waals surface area contributed by atoms with Crippen molar-refractivity contribution in [2.75, 3.05) is 11.9 Å². The first-order valence-electron chi connectivity index (χ1n) is 9.91. The maximum absolute atomic E-state index is 13.4. The van der Waals surface area contributed by atoms with Crippen molar-refractivity contribution in [3.63, 3.8) is 0 Å². The SMILES string of the molecule is NS(=O)(=O)c1ccccc1-c1ccc(C(=O)NCCC(=O)Nc2cc(F)c(F)cc2[N+](=O)[O-])cc1. The molecule has 3 aromatic carbocycles. The Morgan fingerprint density at radius 1 is 1.00 bits per heavy atom. The van der Waals surface area contributed by atoms with Crippen molar-refractivity contribution in [2.24, 2.45) is 5.14 Å². The maximum atomic E-state index is 13.4. The van der Waals surface area contributed by atoms with E-state index < -0.39 is 49.8 Å². The topological polar surface area (TPSA) is 162 Å². The second kappa shape index (κ2) is 10.4. The summed E-state index contributed by atoms with van der Waals surface area (Å²) in [7, 11) is -3.96. The number of carbonyl (C=O) groups is 2. The molecule has 3 aromatic rings. The third kappa shape index (κ3) is 6.22. The highest BCUT2D eigenvalue weighted by Gasteiger charge is 2.20. The van der Waals surface area contributed by atoms with Gasteiger partial charge < -0.3 is 10.6 Å². The van der Waals surface area contributed by atoms with Crippen molar-refractivity contribution < 1.29 is 31.7 Å². The van der Waals surface area contributed by atoms with Gasteiger partial charge in [-0.2, -0.15) is 0 Å². The summed E-state index contributed by atoms with van der Waals surface area (Å²) in [6, 6.07) is 13.0. The number of nitro benzene ring substituents is 1. The van der Waals surface area contributed by atoms with E-state index in [9.17, 15) is 36.9 Å². The van der Waals surface area contributed by atoms with Crippen LogP contribution in [0.25, 0.3) is 11.1 Å². The molecule has 3 rings (SSSR count). The zero-order valence-corrected chi connectivity index (χ0v) is 18.6. The third-order valence-electron chi connectivity index (χ3n) is 4.80. The molecule has 182 valence electrons. The highest BCUT2D eigenvalue weighted by Crippen LogP contribution is 2.28. The number of amides is 2. The molecule has 0 saturated heterocycles. The van der Waals surface area contributed by atoms with Crippen molar-refractivity contribution >= 4 is 33.2 Å². The van der Waals surface area contributed by atoms with Crippen molar-refractivity contribution in [2.45, 2.75) is 11.3 Å². The minimum atomic E-state index is -3.96. The van der Waals surface area contributed by atoms with Gasteiger partial charge in [0.2, 0.25) is 15.9 Å². The van der Waals surface area contributed by atoms with Gasteiger partial charge in [0, 0.05) is 30.2 Å². The summed E-state index contributed by atoms with van der Waals surface area (Å²) >= 11 is 0. The van der Waals surface area contributed by atoms with Crippen molar-refractivity contribution in [1.82, 2.24) is 5.32 Å². The average molecular weight is 504 g/mol. The molecule has 0 aliphatic carbocycles. The van der Waals surface area contributed by atoms with Gasteiger partial charge in [-0.05, 0) is 23.8 Å². The van der Waals surface area contributed by atoms with Gasteiger partial charge in [-0.25, -0.2) is 22.3 Å². The van der Waals surface area contributed by atoms with E-state index >= 15 is 0 Å². The molecule has 0 saturated carbocycles. The number of primary sulfonamides is 1. The van der Waals surface area contributed by atoms with E-state index in [1.807, 2.05) is 0 Å². The largest absolute Gasteiger partial charge is 0.352 e. The highest BCUT2D eigenvalue weighted by atomic mass is 32.2. The molecule has 13 heteroatoms. The Labute approximate surface area is 198 Å². The summed E-state index contributed by atoms with van der Waals surface area (Å²) in [4.78, 5) is 34.3. The monoisotopic (exact) mass is 504 g/mol. The first-order chi connectivity index (χ1) is 16.5. The molecule has 0 atom stereocenters. The van der Waals surface area contributed by atoms with Gasteiger partial charge >= 0.3 is 0 Å². The van der Waals surface area contributed by atoms with E-state index in [0.29, 0.717) is 23.3 Å². The Balaban J connectivity index is 1.61. The van der Waals surface area contributed by atoms with E-state index in [1.54, 1.807) is 12.1 Å². The molecule has 0 aliphatic heterocycles. The Kier molecular flexibility index (Phi) is 7.52. The van der Waals surface area contributed by atoms with Crippen LogP contribution in [-0.4, -0.2) is 31.7 Å². The molecule has 35 heavy (non-hydrogen) atoms. The van der Waals surface area contributed by atoms with Gasteiger partial charge in [-0.15, -0.1) is 0 Å².